The minimum absolute atomic E-state index is 0.232. The normalized spacial score (nSPS) is 14.8. The maximum absolute atomic E-state index is 13.9. The Balaban J connectivity index is 1.89. The second kappa shape index (κ2) is 7.48. The molecule has 0 fully saturated rings. The summed E-state index contributed by atoms with van der Waals surface area (Å²) in [6.07, 6.45) is 4.80. The van der Waals surface area contributed by atoms with Crippen LogP contribution in [0.5, 0.6) is 0 Å². The number of nitrogens with one attached hydrogen (secondary N) is 1. The first-order valence-corrected chi connectivity index (χ1v) is 11.4. The van der Waals surface area contributed by atoms with Crippen molar-refractivity contribution in [3.63, 3.8) is 0 Å². The summed E-state index contributed by atoms with van der Waals surface area (Å²) < 4.78 is 39.6. The molecule has 0 saturated carbocycles. The van der Waals surface area contributed by atoms with Gasteiger partial charge in [-0.3, -0.25) is 4.72 Å². The van der Waals surface area contributed by atoms with Crippen molar-refractivity contribution in [1.29, 1.82) is 0 Å². The van der Waals surface area contributed by atoms with Crippen molar-refractivity contribution in [2.24, 2.45) is 0 Å². The minimum Gasteiger partial charge on any atom is -0.284 e. The van der Waals surface area contributed by atoms with Gasteiger partial charge >= 0.3 is 0 Å². The first-order chi connectivity index (χ1) is 13.8. The highest BCUT2D eigenvalue weighted by atomic mass is 32.2. The maximum Gasteiger partial charge on any atom is 0.229 e. The van der Waals surface area contributed by atoms with E-state index in [0.29, 0.717) is 5.69 Å². The van der Waals surface area contributed by atoms with Crippen molar-refractivity contribution in [2.45, 2.75) is 19.8 Å². The average Bonchev–Trinajstić information content (AvgIpc) is 2.77. The van der Waals surface area contributed by atoms with E-state index in [1.54, 1.807) is 18.2 Å². The Morgan fingerprint density at radius 2 is 1.62 bits per heavy atom. The van der Waals surface area contributed by atoms with Gasteiger partial charge in [0.05, 0.1) is 6.26 Å². The van der Waals surface area contributed by atoms with Crippen LogP contribution in [0.4, 0.5) is 10.1 Å². The first-order valence-electron chi connectivity index (χ1n) is 9.47. The lowest BCUT2D eigenvalue weighted by molar-refractivity contribution is 0.607. The summed E-state index contributed by atoms with van der Waals surface area (Å²) in [6.45, 7) is 2.07. The lowest BCUT2D eigenvalue weighted by Crippen LogP contribution is -2.09. The number of rotatable bonds is 3. The molecular formula is C24H22FNO2S. The summed E-state index contributed by atoms with van der Waals surface area (Å²) in [5, 5.41) is 0. The SMILES string of the molecule is Cc1ccc2c(c1)CCc1cc(F)ccc1/C2=C/c1cccc(NS(C)(=O)=O)c1. The highest BCUT2D eigenvalue weighted by Gasteiger charge is 2.19. The Labute approximate surface area is 171 Å². The van der Waals surface area contributed by atoms with Crippen LogP contribution in [0.25, 0.3) is 11.6 Å². The van der Waals surface area contributed by atoms with E-state index in [-0.39, 0.29) is 5.82 Å². The van der Waals surface area contributed by atoms with E-state index in [9.17, 15) is 12.8 Å². The summed E-state index contributed by atoms with van der Waals surface area (Å²) in [5.74, 6) is -0.232. The topological polar surface area (TPSA) is 46.2 Å². The highest BCUT2D eigenvalue weighted by molar-refractivity contribution is 7.92. The van der Waals surface area contributed by atoms with Gasteiger partial charge in [0.15, 0.2) is 0 Å². The summed E-state index contributed by atoms with van der Waals surface area (Å²) in [6, 6.07) is 18.6. The minimum atomic E-state index is -3.35. The monoisotopic (exact) mass is 407 g/mol. The molecule has 29 heavy (non-hydrogen) atoms. The highest BCUT2D eigenvalue weighted by Crippen LogP contribution is 2.36. The maximum atomic E-state index is 13.9. The molecule has 0 aromatic heterocycles. The molecule has 0 radical (unpaired) electrons. The average molecular weight is 408 g/mol. The molecule has 5 heteroatoms. The molecule has 1 N–H and O–H groups in total. The number of sulfonamides is 1. The molecule has 3 aromatic carbocycles. The van der Waals surface area contributed by atoms with Gasteiger partial charge in [-0.2, -0.15) is 0 Å². The third-order valence-corrected chi connectivity index (χ3v) is 5.68. The van der Waals surface area contributed by atoms with Crippen LogP contribution >= 0.6 is 0 Å². The third-order valence-electron chi connectivity index (χ3n) is 5.07. The van der Waals surface area contributed by atoms with Gasteiger partial charge in [0.2, 0.25) is 10.0 Å². The Bertz CT molecular complexity index is 1170. The first kappa shape index (κ1) is 19.4. The molecule has 1 aliphatic rings. The van der Waals surface area contributed by atoms with E-state index in [1.807, 2.05) is 24.3 Å². The van der Waals surface area contributed by atoms with E-state index in [1.165, 1.54) is 17.2 Å². The molecule has 3 nitrogen and oxygen atoms in total. The summed E-state index contributed by atoms with van der Waals surface area (Å²) in [4.78, 5) is 0. The molecule has 0 heterocycles. The third kappa shape index (κ3) is 4.40. The van der Waals surface area contributed by atoms with Gasteiger partial charge in [-0.25, -0.2) is 12.8 Å². The second-order valence-corrected chi connectivity index (χ2v) is 9.27. The standard InChI is InChI=1S/C24H22FNO2S/c1-16-6-10-22-18(12-16)7-8-19-15-20(25)9-11-23(19)24(22)14-17-4-3-5-21(13-17)26-29(2,27)28/h3-6,9-15,26H,7-8H2,1-2H3/b24-14+. The molecule has 3 aromatic rings. The number of hydrogen-bond acceptors (Lipinski definition) is 2. The summed E-state index contributed by atoms with van der Waals surface area (Å²) >= 11 is 0. The van der Waals surface area contributed by atoms with Crippen molar-refractivity contribution < 1.29 is 12.8 Å². The summed E-state index contributed by atoms with van der Waals surface area (Å²) in [5.41, 5.74) is 7.95. The predicted octanol–water partition coefficient (Wildman–Crippen LogP) is 5.19. The van der Waals surface area contributed by atoms with Crippen LogP contribution in [0.2, 0.25) is 0 Å². The zero-order valence-electron chi connectivity index (χ0n) is 16.4. The second-order valence-electron chi connectivity index (χ2n) is 7.52. The van der Waals surface area contributed by atoms with Crippen molar-refractivity contribution in [3.8, 4) is 0 Å². The van der Waals surface area contributed by atoms with Crippen LogP contribution in [0.15, 0.2) is 60.7 Å². The van der Waals surface area contributed by atoms with Crippen molar-refractivity contribution >= 4 is 27.4 Å². The molecule has 4 rings (SSSR count). The molecule has 1 aliphatic carbocycles. The predicted molar refractivity (Wildman–Crippen MR) is 117 cm³/mol. The van der Waals surface area contributed by atoms with Crippen LogP contribution in [0.3, 0.4) is 0 Å². The van der Waals surface area contributed by atoms with Crippen LogP contribution in [0, 0.1) is 12.7 Å². The Morgan fingerprint density at radius 1 is 0.931 bits per heavy atom. The van der Waals surface area contributed by atoms with Crippen LogP contribution in [-0.4, -0.2) is 14.7 Å². The number of aryl methyl sites for hydroxylation is 3. The summed E-state index contributed by atoms with van der Waals surface area (Å²) in [7, 11) is -3.35. The van der Waals surface area contributed by atoms with Gasteiger partial charge in [-0.1, -0.05) is 42.0 Å². The Hall–Kier alpha value is -2.92. The molecule has 0 spiro atoms. The van der Waals surface area contributed by atoms with Gasteiger partial charge < -0.3 is 0 Å². The fourth-order valence-corrected chi connectivity index (χ4v) is 4.42. The molecule has 0 amide bonds. The van der Waals surface area contributed by atoms with E-state index in [4.69, 9.17) is 0 Å². The van der Waals surface area contributed by atoms with Gasteiger partial charge in [0.25, 0.3) is 0 Å². The number of hydrogen-bond donors (Lipinski definition) is 1. The van der Waals surface area contributed by atoms with Crippen molar-refractivity contribution in [1.82, 2.24) is 0 Å². The van der Waals surface area contributed by atoms with Crippen molar-refractivity contribution in [2.75, 3.05) is 11.0 Å². The zero-order valence-corrected chi connectivity index (χ0v) is 17.2. The fraction of sp³-hybridized carbons (Fsp3) is 0.167. The zero-order chi connectivity index (χ0) is 20.6. The van der Waals surface area contributed by atoms with Gasteiger partial charge in [0.1, 0.15) is 5.82 Å². The van der Waals surface area contributed by atoms with E-state index in [0.717, 1.165) is 46.9 Å². The molecule has 0 bridgehead atoms. The number of benzene rings is 3. The van der Waals surface area contributed by atoms with Gasteiger partial charge in [0, 0.05) is 5.69 Å². The largest absolute Gasteiger partial charge is 0.284 e. The lowest BCUT2D eigenvalue weighted by Gasteiger charge is -2.13. The van der Waals surface area contributed by atoms with Crippen LogP contribution < -0.4 is 4.72 Å². The van der Waals surface area contributed by atoms with E-state index >= 15 is 0 Å². The molecule has 0 unspecified atom stereocenters. The fourth-order valence-electron chi connectivity index (χ4n) is 3.87. The van der Waals surface area contributed by atoms with Gasteiger partial charge in [-0.15, -0.1) is 0 Å². The van der Waals surface area contributed by atoms with Crippen LogP contribution in [-0.2, 0) is 22.9 Å². The Morgan fingerprint density at radius 3 is 2.34 bits per heavy atom. The van der Waals surface area contributed by atoms with E-state index in [2.05, 4.69) is 29.8 Å². The molecule has 0 aliphatic heterocycles. The van der Waals surface area contributed by atoms with Crippen molar-refractivity contribution in [3.05, 3.63) is 99.9 Å². The van der Waals surface area contributed by atoms with E-state index < -0.39 is 10.0 Å². The van der Waals surface area contributed by atoms with Crippen LogP contribution in [0.1, 0.15) is 33.4 Å². The number of halogens is 1. The molecular weight excluding hydrogens is 385 g/mol. The molecule has 0 atom stereocenters. The number of anilines is 1. The molecule has 148 valence electrons. The molecule has 0 saturated heterocycles. The van der Waals surface area contributed by atoms with Gasteiger partial charge in [-0.05, 0) is 83.5 Å². The lowest BCUT2D eigenvalue weighted by atomic mass is 9.91. The Kier molecular flexibility index (Phi) is 5.01. The smallest absolute Gasteiger partial charge is 0.229 e. The number of fused-ring (bicyclic) bond motifs is 2. The quantitative estimate of drug-likeness (QED) is 0.649.